The molecule has 4 heterocycles. The number of hydrogen-bond acceptors (Lipinski definition) is 13. The molecule has 0 bridgehead atoms. The fourth-order valence-corrected chi connectivity index (χ4v) is 10.2. The number of rotatable bonds is 14. The highest BCUT2D eigenvalue weighted by Gasteiger charge is 2.33. The highest BCUT2D eigenvalue weighted by atomic mass is 32.2. The van der Waals surface area contributed by atoms with Crippen LogP contribution in [0.25, 0.3) is 34.4 Å². The van der Waals surface area contributed by atoms with Gasteiger partial charge in [-0.2, -0.15) is 0 Å². The van der Waals surface area contributed by atoms with Gasteiger partial charge < -0.3 is 9.80 Å². The molecule has 0 saturated carbocycles. The van der Waals surface area contributed by atoms with Gasteiger partial charge in [0, 0.05) is 50.2 Å². The number of carbonyl (C=O) groups is 2. The van der Waals surface area contributed by atoms with Crippen LogP contribution in [0.5, 0.6) is 0 Å². The zero-order valence-corrected chi connectivity index (χ0v) is 38.4. The van der Waals surface area contributed by atoms with Crippen molar-refractivity contribution in [3.8, 4) is 22.3 Å². The zero-order chi connectivity index (χ0) is 47.2. The van der Waals surface area contributed by atoms with Gasteiger partial charge in [0.05, 0.1) is 30.8 Å². The van der Waals surface area contributed by atoms with E-state index in [1.54, 1.807) is 46.2 Å². The van der Waals surface area contributed by atoms with E-state index >= 15 is 0 Å². The second-order valence-corrected chi connectivity index (χ2v) is 18.4. The third-order valence-corrected chi connectivity index (χ3v) is 13.5. The maximum atomic E-state index is 13.7. The molecule has 6 aromatic rings. The third-order valence-electron chi connectivity index (χ3n) is 12.4. The Balaban J connectivity index is 1.21. The van der Waals surface area contributed by atoms with Crippen molar-refractivity contribution in [2.24, 2.45) is 0 Å². The quantitative estimate of drug-likeness (QED) is 0.0590. The van der Waals surface area contributed by atoms with Gasteiger partial charge in [0.2, 0.25) is 11.8 Å². The molecule has 2 unspecified atom stereocenters. The number of benzene rings is 4. The van der Waals surface area contributed by atoms with Crippen LogP contribution in [0.4, 0.5) is 11.4 Å². The molecule has 0 spiro atoms. The number of amides is 2. The molecular weight excluding hydrogens is 873 g/mol. The minimum Gasteiger partial charge on any atom is -0.338 e. The summed E-state index contributed by atoms with van der Waals surface area (Å²) in [6, 6.07) is 21.5. The lowest BCUT2D eigenvalue weighted by Gasteiger charge is -2.30. The van der Waals surface area contributed by atoms with Crippen molar-refractivity contribution >= 4 is 47.1 Å². The fraction of sp³-hybridized carbons (Fsp3) is 0.333. The van der Waals surface area contributed by atoms with E-state index in [0.717, 1.165) is 48.6 Å². The number of nitrogens with zero attached hydrogens (tertiary/aromatic N) is 10. The average Bonchev–Trinajstić information content (AvgIpc) is 4.09. The molecule has 19 heteroatoms. The van der Waals surface area contributed by atoms with Crippen LogP contribution in [0.1, 0.15) is 111 Å². The lowest BCUT2D eigenvalue weighted by atomic mass is 9.89. The Morgan fingerprint density at radius 1 is 0.657 bits per heavy atom. The standard InChI is InChI=1S/C48H50N12O6S/c1-29(2)35-13-5-7-15-37(35)43-31(19-23-41(61)57-25-9-11-33(27-57)47-49-53-54-50-47)17-21-39(45(43)59(63)64)67-40-22-18-32(44(46(40)60(65)66)38-16-8-6-14-36(38)30(3)4)20-24-42(62)58-26-10-12-34(28-58)48-51-55-56-52-48/h5-8,13-24,29-30,33-34H,9-12,25-28H2,1-4H3,(H,49,50,53,54)(H,51,52,55,56)/b23-19+,24-20+. The van der Waals surface area contributed by atoms with Gasteiger partial charge in [-0.05, 0) is 116 Å². The molecule has 2 N–H and O–H groups in total. The van der Waals surface area contributed by atoms with Gasteiger partial charge >= 0.3 is 0 Å². The molecule has 4 aromatic carbocycles. The first kappa shape index (κ1) is 46.1. The molecule has 67 heavy (non-hydrogen) atoms. The van der Waals surface area contributed by atoms with E-state index in [-0.39, 0.29) is 56.7 Å². The lowest BCUT2D eigenvalue weighted by molar-refractivity contribution is -0.387. The fourth-order valence-electron chi connectivity index (χ4n) is 9.13. The van der Waals surface area contributed by atoms with E-state index in [2.05, 4.69) is 41.2 Å². The predicted octanol–water partition coefficient (Wildman–Crippen LogP) is 9.10. The lowest BCUT2D eigenvalue weighted by Crippen LogP contribution is -2.38. The summed E-state index contributed by atoms with van der Waals surface area (Å²) in [7, 11) is 0. The first-order valence-corrected chi connectivity index (χ1v) is 23.1. The van der Waals surface area contributed by atoms with E-state index in [1.807, 2.05) is 76.2 Å². The van der Waals surface area contributed by atoms with Gasteiger partial charge in [0.1, 0.15) is 0 Å². The second kappa shape index (κ2) is 20.4. The van der Waals surface area contributed by atoms with Crippen molar-refractivity contribution in [2.45, 2.75) is 86.8 Å². The Labute approximate surface area is 390 Å². The number of aromatic nitrogens is 8. The van der Waals surface area contributed by atoms with E-state index in [9.17, 15) is 29.8 Å². The SMILES string of the molecule is CC(C)c1ccccc1-c1c(/C=C/C(=O)N2CCCC(c3nnn[nH]3)C2)ccc(Sc2ccc(/C=C/C(=O)N3CCCC(c4nnn[nH]4)C3)c(-c3ccccc3C(C)C)c2[N+](=O)[O-])c1[N+](=O)[O-]. The van der Waals surface area contributed by atoms with Gasteiger partial charge in [0.15, 0.2) is 11.6 Å². The number of aromatic amines is 2. The zero-order valence-electron chi connectivity index (χ0n) is 37.5. The largest absolute Gasteiger partial charge is 0.338 e. The van der Waals surface area contributed by atoms with Gasteiger partial charge in [-0.1, -0.05) is 100 Å². The molecule has 2 amide bonds. The minimum absolute atomic E-state index is 0.0273. The molecule has 0 aliphatic carbocycles. The van der Waals surface area contributed by atoms with E-state index in [4.69, 9.17) is 0 Å². The Kier molecular flexibility index (Phi) is 14.0. The molecule has 18 nitrogen and oxygen atoms in total. The van der Waals surface area contributed by atoms with Crippen LogP contribution in [0, 0.1) is 20.2 Å². The number of nitro benzene ring substituents is 2. The topological polar surface area (TPSA) is 236 Å². The summed E-state index contributed by atoms with van der Waals surface area (Å²) in [5, 5.41) is 55.5. The monoisotopic (exact) mass is 922 g/mol. The molecule has 2 aliphatic heterocycles. The number of tetrazole rings is 2. The summed E-state index contributed by atoms with van der Waals surface area (Å²) >= 11 is 0.933. The summed E-state index contributed by atoms with van der Waals surface area (Å²) in [5.74, 6) is 0.541. The van der Waals surface area contributed by atoms with Gasteiger partial charge in [-0.15, -0.1) is 10.2 Å². The van der Waals surface area contributed by atoms with Crippen LogP contribution in [0.15, 0.2) is 94.7 Å². The molecule has 2 aromatic heterocycles. The van der Waals surface area contributed by atoms with Crippen LogP contribution in [-0.4, -0.2) is 98.9 Å². The highest BCUT2D eigenvalue weighted by Crippen LogP contribution is 2.50. The Morgan fingerprint density at radius 2 is 1.07 bits per heavy atom. The number of piperidine rings is 2. The number of nitro groups is 2. The molecular formula is C48H50N12O6S. The van der Waals surface area contributed by atoms with E-state index in [0.29, 0.717) is 71.2 Å². The Bertz CT molecular complexity index is 2650. The summed E-state index contributed by atoms with van der Waals surface area (Å²) in [6.45, 7) is 9.90. The molecule has 2 fully saturated rings. The first-order chi connectivity index (χ1) is 32.4. The number of H-pyrrole nitrogens is 2. The predicted molar refractivity (Wildman–Crippen MR) is 253 cm³/mol. The Hall–Kier alpha value is -7.41. The molecule has 344 valence electrons. The van der Waals surface area contributed by atoms with Crippen molar-refractivity contribution in [2.75, 3.05) is 26.2 Å². The van der Waals surface area contributed by atoms with Crippen LogP contribution >= 0.6 is 11.8 Å². The highest BCUT2D eigenvalue weighted by molar-refractivity contribution is 7.99. The molecule has 2 atom stereocenters. The first-order valence-electron chi connectivity index (χ1n) is 22.3. The van der Waals surface area contributed by atoms with Crippen molar-refractivity contribution in [1.29, 1.82) is 0 Å². The van der Waals surface area contributed by atoms with Crippen LogP contribution in [-0.2, 0) is 9.59 Å². The molecule has 0 radical (unpaired) electrons. The van der Waals surface area contributed by atoms with Crippen LogP contribution in [0.3, 0.4) is 0 Å². The Morgan fingerprint density at radius 3 is 1.45 bits per heavy atom. The average molecular weight is 923 g/mol. The minimum atomic E-state index is -0.456. The summed E-state index contributed by atoms with van der Waals surface area (Å²) < 4.78 is 0. The molecule has 2 saturated heterocycles. The van der Waals surface area contributed by atoms with Crippen molar-refractivity contribution < 1.29 is 19.4 Å². The number of nitrogens with one attached hydrogen (secondary N) is 2. The van der Waals surface area contributed by atoms with E-state index in [1.165, 1.54) is 12.2 Å². The number of carbonyl (C=O) groups excluding carboxylic acids is 2. The van der Waals surface area contributed by atoms with Gasteiger partial charge in [-0.3, -0.25) is 29.8 Å². The maximum Gasteiger partial charge on any atom is 0.291 e. The summed E-state index contributed by atoms with van der Waals surface area (Å²) in [5.41, 5.74) is 3.88. The van der Waals surface area contributed by atoms with E-state index < -0.39 is 9.85 Å². The van der Waals surface area contributed by atoms with Crippen LogP contribution < -0.4 is 0 Å². The maximum absolute atomic E-state index is 13.7. The summed E-state index contributed by atoms with van der Waals surface area (Å²) in [6.07, 6.45) is 9.23. The smallest absolute Gasteiger partial charge is 0.291 e. The second-order valence-electron chi connectivity index (χ2n) is 17.3. The van der Waals surface area contributed by atoms with Crippen molar-refractivity contribution in [3.63, 3.8) is 0 Å². The normalized spacial score (nSPS) is 16.7. The summed E-state index contributed by atoms with van der Waals surface area (Å²) in [4.78, 5) is 57.4. The number of likely N-dealkylation sites (tertiary alicyclic amines) is 2. The number of hydrogen-bond donors (Lipinski definition) is 2. The third kappa shape index (κ3) is 10.1. The van der Waals surface area contributed by atoms with Crippen molar-refractivity contribution in [3.05, 3.63) is 139 Å². The molecule has 8 rings (SSSR count). The van der Waals surface area contributed by atoms with Gasteiger partial charge in [-0.25, -0.2) is 10.2 Å². The molecule has 2 aliphatic rings. The van der Waals surface area contributed by atoms with Crippen molar-refractivity contribution in [1.82, 2.24) is 51.0 Å². The van der Waals surface area contributed by atoms with Crippen LogP contribution in [0.2, 0.25) is 0 Å². The van der Waals surface area contributed by atoms with Gasteiger partial charge in [0.25, 0.3) is 11.4 Å².